The molecular formula is C10H14N2O2. The third kappa shape index (κ3) is 1.29. The minimum Gasteiger partial charge on any atom is -0.315 e. The summed E-state index contributed by atoms with van der Waals surface area (Å²) in [7, 11) is 0. The molecule has 0 aromatic carbocycles. The molecule has 0 spiro atoms. The predicted molar refractivity (Wildman–Crippen MR) is 49.6 cm³/mol. The molecule has 14 heavy (non-hydrogen) atoms. The zero-order chi connectivity index (χ0) is 9.71. The summed E-state index contributed by atoms with van der Waals surface area (Å²) in [6, 6.07) is 0.198. The molecule has 2 saturated carbocycles. The van der Waals surface area contributed by atoms with Crippen LogP contribution in [-0.2, 0) is 4.79 Å². The fourth-order valence-electron chi connectivity index (χ4n) is 2.01. The number of amides is 3. The Bertz CT molecular complexity index is 294. The number of nitrogens with zero attached hydrogens (tertiary/aromatic N) is 2. The van der Waals surface area contributed by atoms with Crippen molar-refractivity contribution in [3.05, 3.63) is 0 Å². The second-order valence-corrected chi connectivity index (χ2v) is 4.60. The van der Waals surface area contributed by atoms with Crippen molar-refractivity contribution in [1.82, 2.24) is 9.80 Å². The van der Waals surface area contributed by atoms with Crippen LogP contribution in [0.1, 0.15) is 25.7 Å². The van der Waals surface area contributed by atoms with Crippen LogP contribution in [0.2, 0.25) is 0 Å². The smallest absolute Gasteiger partial charge is 0.315 e. The Morgan fingerprint density at radius 3 is 2.43 bits per heavy atom. The summed E-state index contributed by atoms with van der Waals surface area (Å²) in [4.78, 5) is 26.5. The molecule has 3 amide bonds. The van der Waals surface area contributed by atoms with Gasteiger partial charge in [0.1, 0.15) is 6.54 Å². The van der Waals surface area contributed by atoms with Crippen molar-refractivity contribution in [2.75, 3.05) is 13.1 Å². The molecule has 3 aliphatic rings. The van der Waals surface area contributed by atoms with Crippen molar-refractivity contribution < 1.29 is 9.59 Å². The summed E-state index contributed by atoms with van der Waals surface area (Å²) < 4.78 is 0. The van der Waals surface area contributed by atoms with E-state index in [-0.39, 0.29) is 18.0 Å². The lowest BCUT2D eigenvalue weighted by atomic mass is 10.4. The molecule has 2 aliphatic carbocycles. The van der Waals surface area contributed by atoms with Crippen molar-refractivity contribution in [1.29, 1.82) is 0 Å². The Morgan fingerprint density at radius 1 is 1.14 bits per heavy atom. The van der Waals surface area contributed by atoms with Crippen LogP contribution >= 0.6 is 0 Å². The van der Waals surface area contributed by atoms with E-state index in [1.807, 2.05) is 0 Å². The van der Waals surface area contributed by atoms with Crippen LogP contribution < -0.4 is 0 Å². The van der Waals surface area contributed by atoms with E-state index >= 15 is 0 Å². The highest BCUT2D eigenvalue weighted by Crippen LogP contribution is 2.34. The Labute approximate surface area is 82.8 Å². The minimum absolute atomic E-state index is 0.0122. The number of carbonyl (C=O) groups excluding carboxylic acids is 2. The molecule has 4 heteroatoms. The molecule has 0 radical (unpaired) electrons. The molecule has 3 fully saturated rings. The van der Waals surface area contributed by atoms with Gasteiger partial charge in [-0.15, -0.1) is 0 Å². The second-order valence-electron chi connectivity index (χ2n) is 4.60. The van der Waals surface area contributed by atoms with Gasteiger partial charge in [-0.2, -0.15) is 0 Å². The van der Waals surface area contributed by atoms with Crippen LogP contribution in [0.3, 0.4) is 0 Å². The van der Waals surface area contributed by atoms with Crippen LogP contribution in [-0.4, -0.2) is 40.9 Å². The molecule has 1 saturated heterocycles. The van der Waals surface area contributed by atoms with Gasteiger partial charge in [0, 0.05) is 12.6 Å². The van der Waals surface area contributed by atoms with E-state index in [0.29, 0.717) is 12.5 Å². The quantitative estimate of drug-likeness (QED) is 0.624. The van der Waals surface area contributed by atoms with Crippen LogP contribution in [0.15, 0.2) is 0 Å². The average Bonchev–Trinajstić information content (AvgIpc) is 2.96. The number of carbonyl (C=O) groups is 2. The molecule has 4 nitrogen and oxygen atoms in total. The molecule has 76 valence electrons. The average molecular weight is 194 g/mol. The summed E-state index contributed by atoms with van der Waals surface area (Å²) in [5, 5.41) is 0. The molecular weight excluding hydrogens is 180 g/mol. The van der Waals surface area contributed by atoms with E-state index in [4.69, 9.17) is 0 Å². The van der Waals surface area contributed by atoms with Crippen molar-refractivity contribution >= 4 is 11.9 Å². The van der Waals surface area contributed by atoms with E-state index in [0.717, 1.165) is 19.4 Å². The van der Waals surface area contributed by atoms with Crippen LogP contribution in [0, 0.1) is 5.92 Å². The van der Waals surface area contributed by atoms with Crippen molar-refractivity contribution in [2.45, 2.75) is 31.7 Å². The lowest BCUT2D eigenvalue weighted by molar-refractivity contribution is -0.125. The van der Waals surface area contributed by atoms with Crippen LogP contribution in [0.25, 0.3) is 0 Å². The first kappa shape index (κ1) is 8.26. The number of hydrogen-bond acceptors (Lipinski definition) is 2. The van der Waals surface area contributed by atoms with E-state index in [2.05, 4.69) is 0 Å². The summed E-state index contributed by atoms with van der Waals surface area (Å²) in [5.41, 5.74) is 0. The molecule has 0 unspecified atom stereocenters. The maximum atomic E-state index is 11.8. The maximum Gasteiger partial charge on any atom is 0.327 e. The van der Waals surface area contributed by atoms with E-state index in [9.17, 15) is 9.59 Å². The van der Waals surface area contributed by atoms with Gasteiger partial charge in [-0.3, -0.25) is 9.69 Å². The monoisotopic (exact) mass is 194 g/mol. The normalized spacial score (nSPS) is 27.7. The highest BCUT2D eigenvalue weighted by Gasteiger charge is 2.45. The van der Waals surface area contributed by atoms with Gasteiger partial charge >= 0.3 is 6.03 Å². The number of rotatable bonds is 3. The third-order valence-corrected chi connectivity index (χ3v) is 3.16. The zero-order valence-electron chi connectivity index (χ0n) is 8.11. The first-order chi connectivity index (χ1) is 6.75. The van der Waals surface area contributed by atoms with Crippen molar-refractivity contribution in [3.63, 3.8) is 0 Å². The molecule has 0 aromatic heterocycles. The van der Waals surface area contributed by atoms with Crippen molar-refractivity contribution in [3.8, 4) is 0 Å². The van der Waals surface area contributed by atoms with E-state index in [1.54, 1.807) is 4.90 Å². The summed E-state index contributed by atoms with van der Waals surface area (Å²) in [6.45, 7) is 1.12. The molecule has 1 heterocycles. The van der Waals surface area contributed by atoms with Crippen LogP contribution in [0.4, 0.5) is 4.79 Å². The predicted octanol–water partition coefficient (Wildman–Crippen LogP) is 0.823. The van der Waals surface area contributed by atoms with Gasteiger partial charge in [-0.25, -0.2) is 4.79 Å². The largest absolute Gasteiger partial charge is 0.327 e. The second kappa shape index (κ2) is 2.72. The van der Waals surface area contributed by atoms with Gasteiger partial charge in [0.2, 0.25) is 0 Å². The standard InChI is InChI=1S/C10H14N2O2/c13-9-6-11(5-7-1-2-7)10(14)12(9)8-3-4-8/h7-8H,1-6H2. The first-order valence-electron chi connectivity index (χ1n) is 5.36. The van der Waals surface area contributed by atoms with E-state index in [1.165, 1.54) is 17.7 Å². The van der Waals surface area contributed by atoms with Gasteiger partial charge in [-0.1, -0.05) is 0 Å². The van der Waals surface area contributed by atoms with Gasteiger partial charge < -0.3 is 4.90 Å². The Hall–Kier alpha value is -1.06. The summed E-state index contributed by atoms with van der Waals surface area (Å²) >= 11 is 0. The Balaban J connectivity index is 1.69. The van der Waals surface area contributed by atoms with Crippen molar-refractivity contribution in [2.24, 2.45) is 5.92 Å². The summed E-state index contributed by atoms with van der Waals surface area (Å²) in [5.74, 6) is 0.684. The minimum atomic E-state index is -0.0376. The third-order valence-electron chi connectivity index (χ3n) is 3.16. The SMILES string of the molecule is O=C1CN(CC2CC2)C(=O)N1C1CC1. The number of urea groups is 1. The van der Waals surface area contributed by atoms with Crippen LogP contribution in [0.5, 0.6) is 0 Å². The Morgan fingerprint density at radius 2 is 1.86 bits per heavy atom. The molecule has 0 aromatic rings. The highest BCUT2D eigenvalue weighted by atomic mass is 16.2. The van der Waals surface area contributed by atoms with Gasteiger partial charge in [0.05, 0.1) is 0 Å². The molecule has 0 atom stereocenters. The zero-order valence-corrected chi connectivity index (χ0v) is 8.11. The molecule has 0 N–H and O–H groups in total. The maximum absolute atomic E-state index is 11.8. The first-order valence-corrected chi connectivity index (χ1v) is 5.36. The molecule has 3 rings (SSSR count). The lowest BCUT2D eigenvalue weighted by Crippen LogP contribution is -2.35. The molecule has 1 aliphatic heterocycles. The topological polar surface area (TPSA) is 40.6 Å². The number of hydrogen-bond donors (Lipinski definition) is 0. The highest BCUT2D eigenvalue weighted by molar-refractivity contribution is 6.02. The van der Waals surface area contributed by atoms with Gasteiger partial charge in [0.15, 0.2) is 0 Å². The van der Waals surface area contributed by atoms with Gasteiger partial charge in [-0.05, 0) is 31.6 Å². The number of imide groups is 1. The fourth-order valence-corrected chi connectivity index (χ4v) is 2.01. The lowest BCUT2D eigenvalue weighted by Gasteiger charge is -2.15. The fraction of sp³-hybridized carbons (Fsp3) is 0.800. The van der Waals surface area contributed by atoms with Gasteiger partial charge in [0.25, 0.3) is 5.91 Å². The van der Waals surface area contributed by atoms with E-state index < -0.39 is 0 Å². The molecule has 0 bridgehead atoms. The summed E-state index contributed by atoms with van der Waals surface area (Å²) in [6.07, 6.45) is 4.46. The Kier molecular flexibility index (Phi) is 1.60.